The third kappa shape index (κ3) is 3.52. The van der Waals surface area contributed by atoms with Crippen molar-refractivity contribution in [3.63, 3.8) is 0 Å². The van der Waals surface area contributed by atoms with Gasteiger partial charge >= 0.3 is 0 Å². The van der Waals surface area contributed by atoms with Crippen molar-refractivity contribution in [3.05, 3.63) is 76.1 Å². The van der Waals surface area contributed by atoms with E-state index in [1.807, 2.05) is 42.6 Å². The van der Waals surface area contributed by atoms with Crippen molar-refractivity contribution >= 4 is 54.5 Å². The summed E-state index contributed by atoms with van der Waals surface area (Å²) < 4.78 is 29.0. The summed E-state index contributed by atoms with van der Waals surface area (Å²) in [5.41, 5.74) is 2.88. The second-order valence-corrected chi connectivity index (χ2v) is 10.4. The van der Waals surface area contributed by atoms with E-state index < -0.39 is 9.84 Å². The summed E-state index contributed by atoms with van der Waals surface area (Å²) in [6.07, 6.45) is 0.827. The normalized spacial score (nSPS) is 11.9. The molecule has 162 valence electrons. The number of aryl methyl sites for hydroxylation is 1. The van der Waals surface area contributed by atoms with Gasteiger partial charge in [0.25, 0.3) is 0 Å². The molecule has 0 radical (unpaired) electrons. The maximum Gasteiger partial charge on any atom is 0.229 e. The molecule has 0 fully saturated rings. The highest BCUT2D eigenvalue weighted by Crippen LogP contribution is 2.31. The fourth-order valence-corrected chi connectivity index (χ4v) is 5.73. The average Bonchev–Trinajstić information content (AvgIpc) is 3.46. The molecule has 5 aromatic rings. The van der Waals surface area contributed by atoms with E-state index in [4.69, 9.17) is 11.6 Å². The number of rotatable bonds is 6. The van der Waals surface area contributed by atoms with Gasteiger partial charge in [0, 0.05) is 11.6 Å². The lowest BCUT2D eigenvalue weighted by Crippen LogP contribution is -2.07. The van der Waals surface area contributed by atoms with Gasteiger partial charge in [-0.05, 0) is 47.2 Å². The molecular weight excluding hydrogens is 466 g/mol. The molecule has 0 aliphatic rings. The molecule has 0 aliphatic heterocycles. The zero-order valence-electron chi connectivity index (χ0n) is 17.0. The molecule has 3 aromatic heterocycles. The van der Waals surface area contributed by atoms with Crippen LogP contribution in [0.2, 0.25) is 5.02 Å². The van der Waals surface area contributed by atoms with Crippen LogP contribution in [0.5, 0.6) is 0 Å². The third-order valence-corrected chi connectivity index (χ3v) is 8.17. The van der Waals surface area contributed by atoms with Gasteiger partial charge in [-0.15, -0.1) is 16.4 Å². The van der Waals surface area contributed by atoms with Gasteiger partial charge in [-0.3, -0.25) is 0 Å². The molecule has 7 nitrogen and oxygen atoms in total. The Labute approximate surface area is 193 Å². The molecule has 32 heavy (non-hydrogen) atoms. The van der Waals surface area contributed by atoms with Crippen LogP contribution in [-0.4, -0.2) is 28.2 Å². The largest absolute Gasteiger partial charge is 0.365 e. The fourth-order valence-electron chi connectivity index (χ4n) is 3.45. The van der Waals surface area contributed by atoms with Crippen LogP contribution < -0.4 is 5.32 Å². The number of anilines is 1. The summed E-state index contributed by atoms with van der Waals surface area (Å²) in [6.45, 7) is 2.46. The SMILES string of the molecule is CCc1ccc(S(=O)(=O)c2nnn3c2nc(NCc2ccccc2Cl)c2sccc23)cc1. The van der Waals surface area contributed by atoms with Crippen LogP contribution in [0.4, 0.5) is 5.82 Å². The van der Waals surface area contributed by atoms with Gasteiger partial charge < -0.3 is 5.32 Å². The predicted molar refractivity (Wildman–Crippen MR) is 126 cm³/mol. The Kier molecular flexibility index (Phi) is 5.32. The minimum Gasteiger partial charge on any atom is -0.365 e. The van der Waals surface area contributed by atoms with Crippen molar-refractivity contribution in [2.45, 2.75) is 29.8 Å². The van der Waals surface area contributed by atoms with Crippen molar-refractivity contribution in [3.8, 4) is 0 Å². The number of thiophene rings is 1. The predicted octanol–water partition coefficient (Wildman–Crippen LogP) is 5.00. The zero-order valence-corrected chi connectivity index (χ0v) is 19.4. The van der Waals surface area contributed by atoms with Crippen LogP contribution in [0, 0.1) is 0 Å². The number of hydrogen-bond donors (Lipinski definition) is 1. The van der Waals surface area contributed by atoms with E-state index in [9.17, 15) is 8.42 Å². The molecule has 0 unspecified atom stereocenters. The minimum atomic E-state index is -3.89. The second-order valence-electron chi connectivity index (χ2n) is 7.17. The first-order valence-corrected chi connectivity index (χ1v) is 12.7. The molecule has 0 amide bonds. The van der Waals surface area contributed by atoms with Crippen LogP contribution in [0.15, 0.2) is 69.9 Å². The number of benzene rings is 2. The monoisotopic (exact) mass is 483 g/mol. The molecule has 0 bridgehead atoms. The Morgan fingerprint density at radius 1 is 1.09 bits per heavy atom. The summed E-state index contributed by atoms with van der Waals surface area (Å²) >= 11 is 7.77. The Morgan fingerprint density at radius 2 is 1.88 bits per heavy atom. The quantitative estimate of drug-likeness (QED) is 0.365. The maximum absolute atomic E-state index is 13.3. The molecule has 0 saturated carbocycles. The highest BCUT2D eigenvalue weighted by Gasteiger charge is 2.27. The van der Waals surface area contributed by atoms with E-state index in [-0.39, 0.29) is 15.6 Å². The summed E-state index contributed by atoms with van der Waals surface area (Å²) in [5.74, 6) is 0.558. The van der Waals surface area contributed by atoms with Gasteiger partial charge in [0.05, 0.1) is 15.1 Å². The number of halogens is 1. The van der Waals surface area contributed by atoms with Crippen LogP contribution in [0.1, 0.15) is 18.1 Å². The summed E-state index contributed by atoms with van der Waals surface area (Å²) in [7, 11) is -3.89. The third-order valence-electron chi connectivity index (χ3n) is 5.22. The Balaban J connectivity index is 1.61. The lowest BCUT2D eigenvalue weighted by atomic mass is 10.2. The minimum absolute atomic E-state index is 0.162. The van der Waals surface area contributed by atoms with Gasteiger partial charge in [0.2, 0.25) is 14.9 Å². The van der Waals surface area contributed by atoms with Crippen LogP contribution >= 0.6 is 22.9 Å². The highest BCUT2D eigenvalue weighted by molar-refractivity contribution is 7.91. The molecule has 10 heteroatoms. The average molecular weight is 484 g/mol. The van der Waals surface area contributed by atoms with E-state index in [0.717, 1.165) is 27.8 Å². The van der Waals surface area contributed by atoms with Crippen LogP contribution in [-0.2, 0) is 22.8 Å². The van der Waals surface area contributed by atoms with Crippen LogP contribution in [0.3, 0.4) is 0 Å². The van der Waals surface area contributed by atoms with Crippen molar-refractivity contribution in [2.24, 2.45) is 0 Å². The molecule has 0 spiro atoms. The van der Waals surface area contributed by atoms with Crippen molar-refractivity contribution in [2.75, 3.05) is 5.32 Å². The van der Waals surface area contributed by atoms with E-state index in [0.29, 0.717) is 17.4 Å². The standard InChI is InChI=1S/C22H18ClN5O2S2/c1-2-14-7-9-16(10-8-14)32(29,30)22-21-25-20(24-13-15-5-3-4-6-17(15)23)19-18(11-12-31-19)28(21)27-26-22/h3-12H,2,13H2,1H3,(H,24,25). The second kappa shape index (κ2) is 8.16. The van der Waals surface area contributed by atoms with Crippen molar-refractivity contribution in [1.82, 2.24) is 19.8 Å². The molecule has 3 heterocycles. The first-order valence-electron chi connectivity index (χ1n) is 9.93. The van der Waals surface area contributed by atoms with Gasteiger partial charge in [0.15, 0.2) is 5.65 Å². The van der Waals surface area contributed by atoms with E-state index in [1.165, 1.54) is 15.9 Å². The first kappa shape index (κ1) is 20.9. The van der Waals surface area contributed by atoms with Crippen LogP contribution in [0.25, 0.3) is 15.9 Å². The smallest absolute Gasteiger partial charge is 0.229 e. The van der Waals surface area contributed by atoms with Crippen molar-refractivity contribution < 1.29 is 8.42 Å². The molecule has 2 aromatic carbocycles. The molecule has 0 saturated heterocycles. The highest BCUT2D eigenvalue weighted by atomic mass is 35.5. The summed E-state index contributed by atoms with van der Waals surface area (Å²) in [6, 6.07) is 16.2. The number of aromatic nitrogens is 4. The van der Waals surface area contributed by atoms with E-state index in [1.54, 1.807) is 24.3 Å². The number of nitrogens with one attached hydrogen (secondary N) is 1. The molecule has 0 atom stereocenters. The molecule has 1 N–H and O–H groups in total. The Bertz CT molecular complexity index is 1540. The van der Waals surface area contributed by atoms with Crippen molar-refractivity contribution in [1.29, 1.82) is 0 Å². The summed E-state index contributed by atoms with van der Waals surface area (Å²) in [4.78, 5) is 4.78. The fraction of sp³-hybridized carbons (Fsp3) is 0.136. The van der Waals surface area contributed by atoms with Gasteiger partial charge in [0.1, 0.15) is 5.82 Å². The Hall–Kier alpha value is -3.01. The lowest BCUT2D eigenvalue weighted by molar-refractivity contribution is 0.592. The first-order chi connectivity index (χ1) is 15.5. The topological polar surface area (TPSA) is 89.2 Å². The zero-order chi connectivity index (χ0) is 22.3. The number of fused-ring (bicyclic) bond motifs is 3. The number of nitrogens with zero attached hydrogens (tertiary/aromatic N) is 4. The van der Waals surface area contributed by atoms with E-state index >= 15 is 0 Å². The van der Waals surface area contributed by atoms with E-state index in [2.05, 4.69) is 20.6 Å². The lowest BCUT2D eigenvalue weighted by Gasteiger charge is -2.09. The van der Waals surface area contributed by atoms with Gasteiger partial charge in [-0.1, -0.05) is 54.1 Å². The van der Waals surface area contributed by atoms with Gasteiger partial charge in [-0.25, -0.2) is 13.4 Å². The number of sulfone groups is 1. The number of hydrogen-bond acceptors (Lipinski definition) is 7. The molecular formula is C22H18ClN5O2S2. The Morgan fingerprint density at radius 3 is 2.62 bits per heavy atom. The molecule has 0 aliphatic carbocycles. The summed E-state index contributed by atoms with van der Waals surface area (Å²) in [5, 5.41) is 13.8. The molecule has 5 rings (SSSR count). The maximum atomic E-state index is 13.3. The van der Waals surface area contributed by atoms with Gasteiger partial charge in [-0.2, -0.15) is 4.52 Å².